The Morgan fingerprint density at radius 1 is 0.931 bits per heavy atom. The van der Waals surface area contributed by atoms with Crippen LogP contribution in [0, 0.1) is 13.8 Å². The number of carbonyl (C=O) groups excluding carboxylic acids is 1. The van der Waals surface area contributed by atoms with Gasteiger partial charge in [-0.3, -0.25) is 4.79 Å². The van der Waals surface area contributed by atoms with E-state index in [0.717, 1.165) is 27.7 Å². The fourth-order valence-corrected chi connectivity index (χ4v) is 3.54. The maximum absolute atomic E-state index is 13.2. The second-order valence-corrected chi connectivity index (χ2v) is 7.04. The standard InChI is InChI=1S/C25H22N2O2/c1-16-12-13-18(17(2)14-16)23-15-20(19-8-4-5-9-21(19)26-23)25(28)27-22-10-6-7-11-24(22)29-3/h4-15H,1-3H3,(H,27,28). The third kappa shape index (κ3) is 3.69. The van der Waals surface area contributed by atoms with Crippen LogP contribution < -0.4 is 10.1 Å². The number of aryl methyl sites for hydroxylation is 2. The normalized spacial score (nSPS) is 10.7. The molecule has 0 unspecified atom stereocenters. The van der Waals surface area contributed by atoms with Crippen LogP contribution in [0.5, 0.6) is 5.75 Å². The Labute approximate surface area is 170 Å². The molecule has 0 saturated carbocycles. The molecule has 0 saturated heterocycles. The first-order valence-corrected chi connectivity index (χ1v) is 9.48. The van der Waals surface area contributed by atoms with E-state index < -0.39 is 0 Å². The van der Waals surface area contributed by atoms with Gasteiger partial charge in [0.1, 0.15) is 5.75 Å². The maximum Gasteiger partial charge on any atom is 0.256 e. The van der Waals surface area contributed by atoms with Crippen LogP contribution in [0.1, 0.15) is 21.5 Å². The number of aromatic nitrogens is 1. The van der Waals surface area contributed by atoms with E-state index in [0.29, 0.717) is 17.0 Å². The first-order chi connectivity index (χ1) is 14.1. The predicted molar refractivity (Wildman–Crippen MR) is 118 cm³/mol. The van der Waals surface area contributed by atoms with Gasteiger partial charge < -0.3 is 10.1 Å². The number of nitrogens with zero attached hydrogens (tertiary/aromatic N) is 1. The van der Waals surface area contributed by atoms with Crippen LogP contribution in [0.2, 0.25) is 0 Å². The summed E-state index contributed by atoms with van der Waals surface area (Å²) >= 11 is 0. The van der Waals surface area contributed by atoms with E-state index in [2.05, 4.69) is 37.4 Å². The molecule has 1 amide bonds. The second-order valence-electron chi connectivity index (χ2n) is 7.04. The van der Waals surface area contributed by atoms with Crippen LogP contribution in [0.25, 0.3) is 22.2 Å². The quantitative estimate of drug-likeness (QED) is 0.487. The number of rotatable bonds is 4. The van der Waals surface area contributed by atoms with Crippen LogP contribution in [0.15, 0.2) is 72.8 Å². The molecule has 4 aromatic rings. The third-order valence-electron chi connectivity index (χ3n) is 4.97. The predicted octanol–water partition coefficient (Wildman–Crippen LogP) is 5.78. The van der Waals surface area contributed by atoms with Gasteiger partial charge in [-0.05, 0) is 43.7 Å². The Balaban J connectivity index is 1.83. The van der Waals surface area contributed by atoms with Crippen molar-refractivity contribution < 1.29 is 9.53 Å². The van der Waals surface area contributed by atoms with Crippen molar-refractivity contribution in [1.82, 2.24) is 4.98 Å². The van der Waals surface area contributed by atoms with Crippen molar-refractivity contribution in [3.8, 4) is 17.0 Å². The summed E-state index contributed by atoms with van der Waals surface area (Å²) in [5.74, 6) is 0.424. The van der Waals surface area contributed by atoms with Crippen molar-refractivity contribution in [3.63, 3.8) is 0 Å². The number of amides is 1. The van der Waals surface area contributed by atoms with Crippen molar-refractivity contribution in [1.29, 1.82) is 0 Å². The van der Waals surface area contributed by atoms with Crippen LogP contribution in [0.4, 0.5) is 5.69 Å². The number of hydrogen-bond donors (Lipinski definition) is 1. The molecule has 1 N–H and O–H groups in total. The highest BCUT2D eigenvalue weighted by Crippen LogP contribution is 2.29. The summed E-state index contributed by atoms with van der Waals surface area (Å²) < 4.78 is 5.36. The highest BCUT2D eigenvalue weighted by atomic mass is 16.5. The minimum Gasteiger partial charge on any atom is -0.495 e. The summed E-state index contributed by atoms with van der Waals surface area (Å²) in [6, 6.07) is 23.2. The van der Waals surface area contributed by atoms with Gasteiger partial charge in [0.25, 0.3) is 5.91 Å². The van der Waals surface area contributed by atoms with Crippen molar-refractivity contribution in [2.45, 2.75) is 13.8 Å². The first-order valence-electron chi connectivity index (χ1n) is 9.48. The van der Waals surface area contributed by atoms with Crippen LogP contribution in [-0.2, 0) is 0 Å². The summed E-state index contributed by atoms with van der Waals surface area (Å²) in [5.41, 5.74) is 6.13. The lowest BCUT2D eigenvalue weighted by Gasteiger charge is -2.13. The molecule has 0 fully saturated rings. The lowest BCUT2D eigenvalue weighted by atomic mass is 9.99. The fourth-order valence-electron chi connectivity index (χ4n) is 3.54. The van der Waals surface area contributed by atoms with E-state index in [9.17, 15) is 4.79 Å². The van der Waals surface area contributed by atoms with Crippen molar-refractivity contribution in [3.05, 3.63) is 89.5 Å². The van der Waals surface area contributed by atoms with Crippen molar-refractivity contribution >= 4 is 22.5 Å². The number of ether oxygens (including phenoxy) is 1. The van der Waals surface area contributed by atoms with Crippen molar-refractivity contribution in [2.24, 2.45) is 0 Å². The number of pyridine rings is 1. The van der Waals surface area contributed by atoms with Gasteiger partial charge >= 0.3 is 0 Å². The van der Waals surface area contributed by atoms with E-state index in [-0.39, 0.29) is 5.91 Å². The van der Waals surface area contributed by atoms with Gasteiger partial charge in [0.05, 0.1) is 29.6 Å². The molecule has 0 atom stereocenters. The number of nitrogens with one attached hydrogen (secondary N) is 1. The molecule has 0 aliphatic rings. The summed E-state index contributed by atoms with van der Waals surface area (Å²) in [4.78, 5) is 18.0. The minimum absolute atomic E-state index is 0.195. The number of fused-ring (bicyclic) bond motifs is 1. The summed E-state index contributed by atoms with van der Waals surface area (Å²) in [5, 5.41) is 3.79. The van der Waals surface area contributed by atoms with Crippen LogP contribution >= 0.6 is 0 Å². The lowest BCUT2D eigenvalue weighted by molar-refractivity contribution is 0.102. The Kier molecular flexibility index (Phi) is 5.00. The lowest BCUT2D eigenvalue weighted by Crippen LogP contribution is -2.14. The smallest absolute Gasteiger partial charge is 0.256 e. The molecule has 4 nitrogen and oxygen atoms in total. The number of carbonyl (C=O) groups is 1. The first kappa shape index (κ1) is 18.7. The van der Waals surface area contributed by atoms with Gasteiger partial charge in [0, 0.05) is 10.9 Å². The van der Waals surface area contributed by atoms with E-state index in [1.165, 1.54) is 5.56 Å². The van der Waals surface area contributed by atoms with E-state index in [4.69, 9.17) is 9.72 Å². The van der Waals surface area contributed by atoms with Gasteiger partial charge in [-0.15, -0.1) is 0 Å². The molecular weight excluding hydrogens is 360 g/mol. The van der Waals surface area contributed by atoms with Gasteiger partial charge in [0.2, 0.25) is 0 Å². The van der Waals surface area contributed by atoms with Gasteiger partial charge in [-0.1, -0.05) is 54.1 Å². The zero-order valence-electron chi connectivity index (χ0n) is 16.7. The Morgan fingerprint density at radius 2 is 1.69 bits per heavy atom. The SMILES string of the molecule is COc1ccccc1NC(=O)c1cc(-c2ccc(C)cc2C)nc2ccccc12. The molecule has 29 heavy (non-hydrogen) atoms. The Bertz CT molecular complexity index is 1210. The average Bonchev–Trinajstić information content (AvgIpc) is 2.73. The van der Waals surface area contributed by atoms with E-state index in [1.54, 1.807) is 7.11 Å². The Hall–Kier alpha value is -3.66. The molecule has 0 bridgehead atoms. The monoisotopic (exact) mass is 382 g/mol. The summed E-state index contributed by atoms with van der Waals surface area (Å²) in [6.45, 7) is 4.13. The highest BCUT2D eigenvalue weighted by molar-refractivity contribution is 6.13. The fraction of sp³-hybridized carbons (Fsp3) is 0.120. The largest absolute Gasteiger partial charge is 0.495 e. The molecule has 1 heterocycles. The zero-order chi connectivity index (χ0) is 20.4. The molecule has 1 aromatic heterocycles. The molecule has 0 spiro atoms. The maximum atomic E-state index is 13.2. The summed E-state index contributed by atoms with van der Waals surface area (Å²) in [7, 11) is 1.59. The topological polar surface area (TPSA) is 51.2 Å². The molecule has 4 heteroatoms. The van der Waals surface area contributed by atoms with E-state index in [1.807, 2.05) is 54.6 Å². The Morgan fingerprint density at radius 3 is 2.48 bits per heavy atom. The summed E-state index contributed by atoms with van der Waals surface area (Å²) in [6.07, 6.45) is 0. The average molecular weight is 382 g/mol. The van der Waals surface area contributed by atoms with E-state index >= 15 is 0 Å². The molecular formula is C25H22N2O2. The molecule has 0 aliphatic carbocycles. The highest BCUT2D eigenvalue weighted by Gasteiger charge is 2.16. The molecule has 3 aromatic carbocycles. The number of hydrogen-bond acceptors (Lipinski definition) is 3. The zero-order valence-corrected chi connectivity index (χ0v) is 16.7. The number of benzene rings is 3. The number of methoxy groups -OCH3 is 1. The van der Waals surface area contributed by atoms with Crippen LogP contribution in [0.3, 0.4) is 0 Å². The van der Waals surface area contributed by atoms with Gasteiger partial charge in [-0.25, -0.2) is 4.98 Å². The van der Waals surface area contributed by atoms with Crippen molar-refractivity contribution in [2.75, 3.05) is 12.4 Å². The minimum atomic E-state index is -0.195. The van der Waals surface area contributed by atoms with Crippen LogP contribution in [-0.4, -0.2) is 18.0 Å². The second kappa shape index (κ2) is 7.76. The molecule has 0 aliphatic heterocycles. The number of anilines is 1. The molecule has 0 radical (unpaired) electrons. The molecule has 144 valence electrons. The molecule has 4 rings (SSSR count). The number of para-hydroxylation sites is 3. The van der Waals surface area contributed by atoms with Gasteiger partial charge in [0.15, 0.2) is 0 Å². The third-order valence-corrected chi connectivity index (χ3v) is 4.97. The van der Waals surface area contributed by atoms with Gasteiger partial charge in [-0.2, -0.15) is 0 Å².